The quantitative estimate of drug-likeness (QED) is 0.792. The number of rotatable bonds is 3. The van der Waals surface area contributed by atoms with Gasteiger partial charge < -0.3 is 4.18 Å². The minimum Gasteiger partial charge on any atom is -0.379 e. The summed E-state index contributed by atoms with van der Waals surface area (Å²) < 4.78 is 29.7. The highest BCUT2D eigenvalue weighted by molar-refractivity contribution is 9.10. The van der Waals surface area contributed by atoms with Crippen LogP contribution >= 0.6 is 27.5 Å². The second-order valence-electron chi connectivity index (χ2n) is 3.43. The maximum atomic E-state index is 12.0. The number of benzene rings is 2. The van der Waals surface area contributed by atoms with E-state index in [4.69, 9.17) is 15.8 Å². The van der Waals surface area contributed by atoms with Crippen LogP contribution in [-0.4, -0.2) is 8.42 Å². The highest BCUT2D eigenvalue weighted by Crippen LogP contribution is 2.27. The van der Waals surface area contributed by atoms with Gasteiger partial charge in [-0.1, -0.05) is 45.7 Å². The van der Waals surface area contributed by atoms with Gasteiger partial charge in [0.15, 0.2) is 0 Å². The van der Waals surface area contributed by atoms with E-state index in [0.29, 0.717) is 4.47 Å². The van der Waals surface area contributed by atoms with Crippen LogP contribution in [0, 0.1) is 0 Å². The average molecular weight is 348 g/mol. The molecule has 0 aliphatic carbocycles. The van der Waals surface area contributed by atoms with Gasteiger partial charge >= 0.3 is 10.1 Å². The summed E-state index contributed by atoms with van der Waals surface area (Å²) in [6, 6.07) is 12.8. The zero-order valence-corrected chi connectivity index (χ0v) is 12.2. The van der Waals surface area contributed by atoms with E-state index in [0.717, 1.165) is 0 Å². The van der Waals surface area contributed by atoms with Crippen molar-refractivity contribution in [2.24, 2.45) is 0 Å². The van der Waals surface area contributed by atoms with Crippen LogP contribution in [0.5, 0.6) is 5.75 Å². The van der Waals surface area contributed by atoms with Gasteiger partial charge in [-0.25, -0.2) is 0 Å². The molecule has 0 atom stereocenters. The highest BCUT2D eigenvalue weighted by Gasteiger charge is 2.20. The van der Waals surface area contributed by atoms with Crippen molar-refractivity contribution in [1.29, 1.82) is 0 Å². The zero-order valence-electron chi connectivity index (χ0n) is 9.01. The fourth-order valence-corrected chi connectivity index (χ4v) is 3.27. The molecular formula is C12H8BrClO3S. The summed E-state index contributed by atoms with van der Waals surface area (Å²) in [5.74, 6) is 0.247. The summed E-state index contributed by atoms with van der Waals surface area (Å²) in [6.07, 6.45) is 0. The molecule has 2 aromatic carbocycles. The number of hydrogen-bond acceptors (Lipinski definition) is 3. The largest absolute Gasteiger partial charge is 0.379 e. The molecule has 6 heteroatoms. The topological polar surface area (TPSA) is 43.4 Å². The van der Waals surface area contributed by atoms with Crippen molar-refractivity contribution < 1.29 is 12.6 Å². The van der Waals surface area contributed by atoms with Gasteiger partial charge in [0.25, 0.3) is 0 Å². The molecule has 2 aromatic rings. The van der Waals surface area contributed by atoms with Crippen molar-refractivity contribution in [2.75, 3.05) is 0 Å². The summed E-state index contributed by atoms with van der Waals surface area (Å²) in [6.45, 7) is 0. The van der Waals surface area contributed by atoms with Crippen molar-refractivity contribution in [2.45, 2.75) is 4.90 Å². The van der Waals surface area contributed by atoms with Crippen LogP contribution < -0.4 is 4.18 Å². The van der Waals surface area contributed by atoms with Crippen LogP contribution in [0.15, 0.2) is 57.9 Å². The second-order valence-corrected chi connectivity index (χ2v) is 6.26. The number of halogens is 2. The van der Waals surface area contributed by atoms with Crippen molar-refractivity contribution in [3.63, 3.8) is 0 Å². The molecule has 0 aliphatic heterocycles. The van der Waals surface area contributed by atoms with Gasteiger partial charge in [0.1, 0.15) is 10.6 Å². The van der Waals surface area contributed by atoms with E-state index in [9.17, 15) is 8.42 Å². The second kappa shape index (κ2) is 5.30. The van der Waals surface area contributed by atoms with Gasteiger partial charge in [-0.3, -0.25) is 0 Å². The molecule has 0 aliphatic rings. The Hall–Kier alpha value is -1.04. The normalized spacial score (nSPS) is 11.2. The maximum Gasteiger partial charge on any atom is 0.340 e. The molecule has 0 radical (unpaired) electrons. The van der Waals surface area contributed by atoms with Crippen molar-refractivity contribution in [1.82, 2.24) is 0 Å². The first-order valence-corrected chi connectivity index (χ1v) is 7.51. The van der Waals surface area contributed by atoms with Crippen LogP contribution in [0.2, 0.25) is 5.02 Å². The van der Waals surface area contributed by atoms with Crippen LogP contribution in [0.25, 0.3) is 0 Å². The summed E-state index contributed by atoms with van der Waals surface area (Å²) in [4.78, 5) is -0.0591. The minimum absolute atomic E-state index is 0.0591. The molecule has 0 amide bonds. The molecule has 0 heterocycles. The molecular weight excluding hydrogens is 340 g/mol. The van der Waals surface area contributed by atoms with Crippen LogP contribution in [-0.2, 0) is 10.1 Å². The molecule has 94 valence electrons. The Balaban J connectivity index is 2.37. The first-order valence-electron chi connectivity index (χ1n) is 4.93. The smallest absolute Gasteiger partial charge is 0.340 e. The molecule has 3 nitrogen and oxygen atoms in total. The molecule has 0 bridgehead atoms. The molecule has 0 saturated heterocycles. The summed E-state index contributed by atoms with van der Waals surface area (Å²) in [5.41, 5.74) is 0. The molecule has 0 saturated carbocycles. The van der Waals surface area contributed by atoms with Gasteiger partial charge in [0.05, 0.1) is 5.02 Å². The van der Waals surface area contributed by atoms with Gasteiger partial charge in [-0.15, -0.1) is 0 Å². The molecule has 2 rings (SSSR count). The highest BCUT2D eigenvalue weighted by atomic mass is 79.9. The molecule has 0 spiro atoms. The third kappa shape index (κ3) is 3.04. The lowest BCUT2D eigenvalue weighted by atomic mass is 10.3. The van der Waals surface area contributed by atoms with Gasteiger partial charge in [-0.05, 0) is 30.3 Å². The van der Waals surface area contributed by atoms with E-state index in [1.807, 2.05) is 0 Å². The Morgan fingerprint density at radius 3 is 2.33 bits per heavy atom. The Morgan fingerprint density at radius 2 is 1.72 bits per heavy atom. The van der Waals surface area contributed by atoms with E-state index in [1.165, 1.54) is 12.1 Å². The predicted molar refractivity (Wildman–Crippen MR) is 73.4 cm³/mol. The SMILES string of the molecule is O=S(=O)(Oc1ccccc1)c1ccc(Br)cc1Cl. The van der Waals surface area contributed by atoms with E-state index in [1.54, 1.807) is 36.4 Å². The van der Waals surface area contributed by atoms with Crippen LogP contribution in [0.4, 0.5) is 0 Å². The molecule has 0 unspecified atom stereocenters. The molecule has 18 heavy (non-hydrogen) atoms. The van der Waals surface area contributed by atoms with Crippen LogP contribution in [0.1, 0.15) is 0 Å². The van der Waals surface area contributed by atoms with Gasteiger partial charge in [-0.2, -0.15) is 8.42 Å². The Morgan fingerprint density at radius 1 is 1.06 bits per heavy atom. The zero-order chi connectivity index (χ0) is 13.2. The lowest BCUT2D eigenvalue weighted by Crippen LogP contribution is -2.10. The summed E-state index contributed by atoms with van der Waals surface area (Å²) in [7, 11) is -3.91. The average Bonchev–Trinajstić information content (AvgIpc) is 2.29. The van der Waals surface area contributed by atoms with Gasteiger partial charge in [0.2, 0.25) is 0 Å². The number of para-hydroxylation sites is 1. The first-order chi connectivity index (χ1) is 8.49. The fraction of sp³-hybridized carbons (Fsp3) is 0. The minimum atomic E-state index is -3.91. The van der Waals surface area contributed by atoms with Crippen molar-refractivity contribution in [3.05, 3.63) is 58.0 Å². The summed E-state index contributed by atoms with van der Waals surface area (Å²) in [5, 5.41) is 0.111. The van der Waals surface area contributed by atoms with E-state index >= 15 is 0 Å². The molecule has 0 aromatic heterocycles. The number of hydrogen-bond donors (Lipinski definition) is 0. The first kappa shape index (κ1) is 13.4. The maximum absolute atomic E-state index is 12.0. The molecule has 0 N–H and O–H groups in total. The molecule has 0 fully saturated rings. The lowest BCUT2D eigenvalue weighted by Gasteiger charge is -2.08. The van der Waals surface area contributed by atoms with Crippen LogP contribution in [0.3, 0.4) is 0 Å². The third-order valence-electron chi connectivity index (χ3n) is 2.11. The Labute approximate surface area is 119 Å². The lowest BCUT2D eigenvalue weighted by molar-refractivity contribution is 0.486. The monoisotopic (exact) mass is 346 g/mol. The van der Waals surface area contributed by atoms with E-state index in [-0.39, 0.29) is 15.7 Å². The van der Waals surface area contributed by atoms with Gasteiger partial charge in [0, 0.05) is 4.47 Å². The Bertz CT molecular complexity index is 656. The fourth-order valence-electron chi connectivity index (χ4n) is 1.33. The predicted octanol–water partition coefficient (Wildman–Crippen LogP) is 3.87. The van der Waals surface area contributed by atoms with E-state index < -0.39 is 10.1 Å². The van der Waals surface area contributed by atoms with Crippen molar-refractivity contribution in [3.8, 4) is 5.75 Å². The standard InChI is InChI=1S/C12H8BrClO3S/c13-9-6-7-12(11(14)8-9)18(15,16)17-10-4-2-1-3-5-10/h1-8H. The summed E-state index contributed by atoms with van der Waals surface area (Å²) >= 11 is 9.10. The van der Waals surface area contributed by atoms with Crippen molar-refractivity contribution >= 4 is 37.6 Å². The third-order valence-corrected chi connectivity index (χ3v) is 4.34. The van der Waals surface area contributed by atoms with E-state index in [2.05, 4.69) is 15.9 Å². The Kier molecular flexibility index (Phi) is 3.94.